The first kappa shape index (κ1) is 7.20. The van der Waals surface area contributed by atoms with Crippen molar-refractivity contribution in [1.82, 2.24) is 4.90 Å². The van der Waals surface area contributed by atoms with Crippen LogP contribution in [0.2, 0.25) is 0 Å². The normalized spacial score (nSPS) is 11.7. The molecular weight excluding hydrogens is 203 g/mol. The first-order chi connectivity index (χ1) is 3.18. The Kier molecular flexibility index (Phi) is 3.33. The molecule has 0 radical (unpaired) electrons. The molecule has 0 rings (SSSR count). The van der Waals surface area contributed by atoms with Gasteiger partial charge in [0.05, 0.1) is 22.9 Å². The predicted octanol–water partition coefficient (Wildman–Crippen LogP) is 1.32. The topological polar surface area (TPSA) is 15.6 Å². The zero-order valence-corrected chi connectivity index (χ0v) is 6.93. The molecule has 0 aromatic heterocycles. The fourth-order valence-corrected chi connectivity index (χ4v) is 0.507. The summed E-state index contributed by atoms with van der Waals surface area (Å²) in [6.07, 6.45) is 0. The van der Waals surface area contributed by atoms with Gasteiger partial charge in [0.25, 0.3) is 0 Å². The molecule has 0 bridgehead atoms. The molecule has 7 heavy (non-hydrogen) atoms. The van der Waals surface area contributed by atoms with Crippen molar-refractivity contribution in [2.24, 2.45) is 3.21 Å². The van der Waals surface area contributed by atoms with Gasteiger partial charge in [-0.2, -0.15) is 0 Å². The van der Waals surface area contributed by atoms with Crippen molar-refractivity contribution in [2.75, 3.05) is 14.1 Å². The molecule has 0 saturated carbocycles. The van der Waals surface area contributed by atoms with Crippen molar-refractivity contribution in [3.05, 3.63) is 0 Å². The Hall–Kier alpha value is 0.200. The summed E-state index contributed by atoms with van der Waals surface area (Å²) >= 11 is 1.97. The van der Waals surface area contributed by atoms with Crippen LogP contribution in [0.25, 0.3) is 0 Å². The number of nitrogens with zero attached hydrogens (tertiary/aromatic N) is 2. The predicted molar refractivity (Wildman–Crippen MR) is 40.8 cm³/mol. The van der Waals surface area contributed by atoms with Crippen LogP contribution < -0.4 is 0 Å². The lowest BCUT2D eigenvalue weighted by molar-refractivity contribution is 0.621. The molecule has 42 valence electrons. The summed E-state index contributed by atoms with van der Waals surface area (Å²) < 4.78 is 3.90. The van der Waals surface area contributed by atoms with Crippen molar-refractivity contribution < 1.29 is 0 Å². The van der Waals surface area contributed by atoms with E-state index in [0.29, 0.717) is 0 Å². The van der Waals surface area contributed by atoms with Gasteiger partial charge in [-0.25, -0.2) is 3.21 Å². The average molecular weight is 212 g/mol. The fraction of sp³-hybridized carbons (Fsp3) is 0.750. The first-order valence-corrected chi connectivity index (χ1v) is 2.98. The van der Waals surface area contributed by atoms with E-state index in [1.165, 1.54) is 0 Å². The summed E-state index contributed by atoms with van der Waals surface area (Å²) in [6, 6.07) is 0. The quantitative estimate of drug-likeness (QED) is 0.336. The van der Waals surface area contributed by atoms with Crippen LogP contribution in [0.5, 0.6) is 0 Å². The maximum absolute atomic E-state index is 3.90. The minimum Gasteiger partial charge on any atom is -0.366 e. The summed E-state index contributed by atoms with van der Waals surface area (Å²) in [5.74, 6) is 1.04. The van der Waals surface area contributed by atoms with Crippen LogP contribution in [0.4, 0.5) is 0 Å². The zero-order valence-electron chi connectivity index (χ0n) is 4.77. The molecule has 0 aromatic carbocycles. The molecule has 0 aliphatic heterocycles. The lowest BCUT2D eigenvalue weighted by atomic mass is 10.6. The van der Waals surface area contributed by atoms with Crippen LogP contribution in [0.3, 0.4) is 0 Å². The van der Waals surface area contributed by atoms with Gasteiger partial charge in [-0.05, 0) is 6.92 Å². The highest BCUT2D eigenvalue weighted by molar-refractivity contribution is 14.1. The number of halogens is 1. The maximum Gasteiger partial charge on any atom is 0.107 e. The molecule has 0 aromatic rings. The lowest BCUT2D eigenvalue weighted by Crippen LogP contribution is -2.16. The Labute approximate surface area is 58.1 Å². The summed E-state index contributed by atoms with van der Waals surface area (Å²) in [5.41, 5.74) is 0. The smallest absolute Gasteiger partial charge is 0.107 e. The zero-order chi connectivity index (χ0) is 5.86. The summed E-state index contributed by atoms with van der Waals surface area (Å²) in [6.45, 7) is 1.96. The Morgan fingerprint density at radius 3 is 2.00 bits per heavy atom. The Balaban J connectivity index is 3.56. The Morgan fingerprint density at radius 2 is 2.00 bits per heavy atom. The van der Waals surface area contributed by atoms with E-state index in [2.05, 4.69) is 3.21 Å². The van der Waals surface area contributed by atoms with Gasteiger partial charge >= 0.3 is 0 Å². The first-order valence-electron chi connectivity index (χ1n) is 2.01. The van der Waals surface area contributed by atoms with E-state index in [9.17, 15) is 0 Å². The molecule has 0 N–H and O–H groups in total. The minimum atomic E-state index is 1.04. The fourth-order valence-electron chi connectivity index (χ4n) is 0.0756. The second-order valence-electron chi connectivity index (χ2n) is 1.53. The molecule has 0 aliphatic rings. The van der Waals surface area contributed by atoms with E-state index < -0.39 is 0 Å². The SMILES string of the molecule is CC(=NI)N(C)C. The molecule has 0 heterocycles. The molecular formula is C4H9IN2. The van der Waals surface area contributed by atoms with Gasteiger partial charge in [-0.15, -0.1) is 0 Å². The molecule has 0 unspecified atom stereocenters. The molecule has 3 heteroatoms. The van der Waals surface area contributed by atoms with E-state index in [4.69, 9.17) is 0 Å². The van der Waals surface area contributed by atoms with E-state index in [1.807, 2.05) is 48.8 Å². The van der Waals surface area contributed by atoms with Crippen LogP contribution in [-0.2, 0) is 0 Å². The highest BCUT2D eigenvalue weighted by atomic mass is 127. The number of amidine groups is 1. The summed E-state index contributed by atoms with van der Waals surface area (Å²) in [7, 11) is 3.94. The highest BCUT2D eigenvalue weighted by Gasteiger charge is 1.86. The maximum atomic E-state index is 3.90. The van der Waals surface area contributed by atoms with Crippen LogP contribution in [0.1, 0.15) is 6.92 Å². The lowest BCUT2D eigenvalue weighted by Gasteiger charge is -2.07. The van der Waals surface area contributed by atoms with E-state index in [1.54, 1.807) is 0 Å². The van der Waals surface area contributed by atoms with Crippen molar-refractivity contribution in [3.63, 3.8) is 0 Å². The molecule has 0 fully saturated rings. The standard InChI is InChI=1S/C4H9IN2/c1-4(6-5)7(2)3/h1-3H3. The van der Waals surface area contributed by atoms with Gasteiger partial charge in [0.1, 0.15) is 5.84 Å². The van der Waals surface area contributed by atoms with Crippen LogP contribution >= 0.6 is 22.9 Å². The number of hydrogen-bond acceptors (Lipinski definition) is 1. The molecule has 0 atom stereocenters. The third-order valence-corrected chi connectivity index (χ3v) is 1.47. The second-order valence-corrected chi connectivity index (χ2v) is 2.01. The summed E-state index contributed by atoms with van der Waals surface area (Å²) in [5, 5.41) is 0. The van der Waals surface area contributed by atoms with Gasteiger partial charge < -0.3 is 4.90 Å². The second kappa shape index (κ2) is 3.23. The van der Waals surface area contributed by atoms with Crippen LogP contribution in [-0.4, -0.2) is 24.8 Å². The van der Waals surface area contributed by atoms with E-state index >= 15 is 0 Å². The molecule has 0 amide bonds. The number of hydrogen-bond donors (Lipinski definition) is 0. The number of rotatable bonds is 0. The largest absolute Gasteiger partial charge is 0.366 e. The van der Waals surface area contributed by atoms with Gasteiger partial charge in [-0.1, -0.05) is 0 Å². The minimum absolute atomic E-state index is 1.04. The Bertz CT molecular complexity index is 77.8. The average Bonchev–Trinajstić information content (AvgIpc) is 1.65. The molecule has 0 aliphatic carbocycles. The molecule has 0 saturated heterocycles. The van der Waals surface area contributed by atoms with Crippen molar-refractivity contribution in [1.29, 1.82) is 0 Å². The van der Waals surface area contributed by atoms with Crippen molar-refractivity contribution >= 4 is 28.7 Å². The third-order valence-electron chi connectivity index (χ3n) is 0.770. The highest BCUT2D eigenvalue weighted by Crippen LogP contribution is 1.87. The molecule has 0 spiro atoms. The monoisotopic (exact) mass is 212 g/mol. The van der Waals surface area contributed by atoms with Gasteiger partial charge in [0.2, 0.25) is 0 Å². The van der Waals surface area contributed by atoms with Gasteiger partial charge in [-0.3, -0.25) is 0 Å². The Morgan fingerprint density at radius 1 is 1.57 bits per heavy atom. The van der Waals surface area contributed by atoms with Crippen LogP contribution in [0.15, 0.2) is 3.21 Å². The van der Waals surface area contributed by atoms with Gasteiger partial charge in [0.15, 0.2) is 0 Å². The van der Waals surface area contributed by atoms with Gasteiger partial charge in [0, 0.05) is 14.1 Å². The van der Waals surface area contributed by atoms with Crippen LogP contribution in [0, 0.1) is 0 Å². The van der Waals surface area contributed by atoms with Crippen molar-refractivity contribution in [3.8, 4) is 0 Å². The van der Waals surface area contributed by atoms with E-state index in [0.717, 1.165) is 5.84 Å². The third kappa shape index (κ3) is 2.85. The van der Waals surface area contributed by atoms with E-state index in [-0.39, 0.29) is 0 Å². The molecule has 2 nitrogen and oxygen atoms in total. The summed E-state index contributed by atoms with van der Waals surface area (Å²) in [4.78, 5) is 1.96. The van der Waals surface area contributed by atoms with Crippen molar-refractivity contribution in [2.45, 2.75) is 6.92 Å².